The Morgan fingerprint density at radius 3 is 2.47 bits per heavy atom. The fourth-order valence-corrected chi connectivity index (χ4v) is 3.14. The molecule has 0 atom stereocenters. The lowest BCUT2D eigenvalue weighted by Gasteiger charge is -2.27. The molecule has 3 amide bonds. The van der Waals surface area contributed by atoms with Crippen molar-refractivity contribution < 1.29 is 18.7 Å². The van der Waals surface area contributed by atoms with E-state index in [-0.39, 0.29) is 18.5 Å². The Labute approximate surface area is 179 Å². The monoisotopic (exact) mass is 415 g/mol. The lowest BCUT2D eigenvalue weighted by atomic mass is 10.1. The minimum atomic E-state index is -0.237. The van der Waals surface area contributed by atoms with Gasteiger partial charge in [0.1, 0.15) is 18.1 Å². The Hall–Kier alpha value is -2.80. The number of hydrogen-bond donors (Lipinski definition) is 1. The molecule has 1 aromatic carbocycles. The third-order valence-electron chi connectivity index (χ3n) is 4.73. The molecule has 0 aliphatic rings. The van der Waals surface area contributed by atoms with Gasteiger partial charge in [0.05, 0.1) is 6.54 Å². The van der Waals surface area contributed by atoms with E-state index in [4.69, 9.17) is 9.15 Å². The second-order valence-electron chi connectivity index (χ2n) is 7.17. The number of urea groups is 1. The highest BCUT2D eigenvalue weighted by Gasteiger charge is 2.22. The third kappa shape index (κ3) is 7.91. The number of hydrogen-bond acceptors (Lipinski definition) is 4. The zero-order valence-corrected chi connectivity index (χ0v) is 18.2. The standard InChI is InChI=1S/C23H33N3O4/c1-4-24-23(28)26(14-8-16-29-3)18-22(27)25(17-21-12-11-19(2)30-21)15-13-20-9-6-5-7-10-20/h5-7,9-12H,4,8,13-18H2,1-3H3,(H,24,28). The van der Waals surface area contributed by atoms with Crippen LogP contribution in [0.25, 0.3) is 0 Å². The van der Waals surface area contributed by atoms with Crippen molar-refractivity contribution in [1.29, 1.82) is 0 Å². The van der Waals surface area contributed by atoms with E-state index in [0.29, 0.717) is 39.2 Å². The number of amides is 3. The Morgan fingerprint density at radius 1 is 1.07 bits per heavy atom. The molecule has 1 aromatic heterocycles. The summed E-state index contributed by atoms with van der Waals surface area (Å²) in [5, 5.41) is 2.78. The molecule has 2 rings (SSSR count). The van der Waals surface area contributed by atoms with Crippen molar-refractivity contribution in [1.82, 2.24) is 15.1 Å². The van der Waals surface area contributed by atoms with Crippen LogP contribution in [0, 0.1) is 6.92 Å². The quantitative estimate of drug-likeness (QED) is 0.540. The zero-order valence-electron chi connectivity index (χ0n) is 18.2. The summed E-state index contributed by atoms with van der Waals surface area (Å²) in [5.74, 6) is 1.44. The highest BCUT2D eigenvalue weighted by atomic mass is 16.5. The van der Waals surface area contributed by atoms with Gasteiger partial charge in [0.2, 0.25) is 5.91 Å². The second-order valence-corrected chi connectivity index (χ2v) is 7.17. The maximum Gasteiger partial charge on any atom is 0.317 e. The molecule has 0 bridgehead atoms. The van der Waals surface area contributed by atoms with Crippen LogP contribution < -0.4 is 5.32 Å². The van der Waals surface area contributed by atoms with Crippen LogP contribution in [0.4, 0.5) is 4.79 Å². The Kier molecular flexibility index (Phi) is 9.94. The third-order valence-corrected chi connectivity index (χ3v) is 4.73. The van der Waals surface area contributed by atoms with Gasteiger partial charge in [0.25, 0.3) is 0 Å². The summed E-state index contributed by atoms with van der Waals surface area (Å²) in [6.45, 7) is 6.18. The summed E-state index contributed by atoms with van der Waals surface area (Å²) in [7, 11) is 1.62. The molecule has 30 heavy (non-hydrogen) atoms. The highest BCUT2D eigenvalue weighted by molar-refractivity contribution is 5.84. The number of methoxy groups -OCH3 is 1. The maximum atomic E-state index is 13.2. The topological polar surface area (TPSA) is 75.0 Å². The SMILES string of the molecule is CCNC(=O)N(CCCOC)CC(=O)N(CCc1ccccc1)Cc1ccc(C)o1. The van der Waals surface area contributed by atoms with E-state index in [2.05, 4.69) is 5.32 Å². The predicted octanol–water partition coefficient (Wildman–Crippen LogP) is 3.23. The number of carbonyl (C=O) groups excluding carboxylic acids is 2. The van der Waals surface area contributed by atoms with Gasteiger partial charge in [-0.2, -0.15) is 0 Å². The fraction of sp³-hybridized carbons (Fsp3) is 0.478. The van der Waals surface area contributed by atoms with Gasteiger partial charge in [0.15, 0.2) is 0 Å². The van der Waals surface area contributed by atoms with Crippen molar-refractivity contribution >= 4 is 11.9 Å². The number of ether oxygens (including phenoxy) is 1. The van der Waals surface area contributed by atoms with E-state index in [1.165, 1.54) is 0 Å². The van der Waals surface area contributed by atoms with Gasteiger partial charge in [-0.05, 0) is 44.4 Å². The summed E-state index contributed by atoms with van der Waals surface area (Å²) in [5.41, 5.74) is 1.16. The van der Waals surface area contributed by atoms with Crippen LogP contribution in [0.2, 0.25) is 0 Å². The Bertz CT molecular complexity index is 776. The maximum absolute atomic E-state index is 13.2. The minimum Gasteiger partial charge on any atom is -0.464 e. The van der Waals surface area contributed by atoms with Gasteiger partial charge >= 0.3 is 6.03 Å². The lowest BCUT2D eigenvalue weighted by Crippen LogP contribution is -2.47. The number of nitrogens with one attached hydrogen (secondary N) is 1. The Balaban J connectivity index is 2.08. The van der Waals surface area contributed by atoms with Gasteiger partial charge in [-0.25, -0.2) is 4.79 Å². The molecule has 1 N–H and O–H groups in total. The van der Waals surface area contributed by atoms with E-state index in [1.807, 2.05) is 56.3 Å². The zero-order chi connectivity index (χ0) is 21.8. The van der Waals surface area contributed by atoms with Crippen LogP contribution in [0.3, 0.4) is 0 Å². The number of carbonyl (C=O) groups is 2. The van der Waals surface area contributed by atoms with E-state index in [0.717, 1.165) is 23.5 Å². The van der Waals surface area contributed by atoms with Gasteiger partial charge in [-0.15, -0.1) is 0 Å². The van der Waals surface area contributed by atoms with E-state index >= 15 is 0 Å². The Morgan fingerprint density at radius 2 is 1.83 bits per heavy atom. The summed E-state index contributed by atoms with van der Waals surface area (Å²) >= 11 is 0. The molecular formula is C23H33N3O4. The largest absolute Gasteiger partial charge is 0.464 e. The number of rotatable bonds is 12. The number of furan rings is 1. The van der Waals surface area contributed by atoms with Crippen molar-refractivity contribution in [3.63, 3.8) is 0 Å². The summed E-state index contributed by atoms with van der Waals surface area (Å²) in [6, 6.07) is 13.6. The molecule has 0 spiro atoms. The molecule has 0 aliphatic heterocycles. The summed E-state index contributed by atoms with van der Waals surface area (Å²) in [6.07, 6.45) is 1.40. The van der Waals surface area contributed by atoms with Crippen molar-refractivity contribution in [2.75, 3.05) is 39.9 Å². The lowest BCUT2D eigenvalue weighted by molar-refractivity contribution is -0.132. The summed E-state index contributed by atoms with van der Waals surface area (Å²) in [4.78, 5) is 28.9. The molecule has 1 heterocycles. The predicted molar refractivity (Wildman–Crippen MR) is 116 cm³/mol. The van der Waals surface area contributed by atoms with Crippen LogP contribution in [0.15, 0.2) is 46.9 Å². The first kappa shape index (κ1) is 23.5. The van der Waals surface area contributed by atoms with Crippen LogP contribution in [-0.4, -0.2) is 61.6 Å². The van der Waals surface area contributed by atoms with Gasteiger partial charge in [-0.3, -0.25) is 4.79 Å². The molecule has 0 saturated carbocycles. The first-order chi connectivity index (χ1) is 14.5. The molecule has 7 heteroatoms. The molecule has 7 nitrogen and oxygen atoms in total. The van der Waals surface area contributed by atoms with Gasteiger partial charge < -0.3 is 24.3 Å². The average molecular weight is 416 g/mol. The number of nitrogens with zero attached hydrogens (tertiary/aromatic N) is 2. The normalized spacial score (nSPS) is 10.6. The van der Waals surface area contributed by atoms with Crippen molar-refractivity contribution in [2.24, 2.45) is 0 Å². The number of benzene rings is 1. The first-order valence-electron chi connectivity index (χ1n) is 10.4. The molecule has 0 aliphatic carbocycles. The molecule has 0 unspecified atom stereocenters. The molecule has 0 fully saturated rings. The van der Waals surface area contributed by atoms with E-state index in [1.54, 1.807) is 16.9 Å². The van der Waals surface area contributed by atoms with Gasteiger partial charge in [-0.1, -0.05) is 30.3 Å². The number of aryl methyl sites for hydroxylation is 1. The van der Waals surface area contributed by atoms with Crippen molar-refractivity contribution in [3.8, 4) is 0 Å². The molecular weight excluding hydrogens is 382 g/mol. The van der Waals surface area contributed by atoms with Crippen LogP contribution in [0.1, 0.15) is 30.4 Å². The van der Waals surface area contributed by atoms with E-state index < -0.39 is 0 Å². The highest BCUT2D eigenvalue weighted by Crippen LogP contribution is 2.12. The second kappa shape index (κ2) is 12.7. The fourth-order valence-electron chi connectivity index (χ4n) is 3.14. The summed E-state index contributed by atoms with van der Waals surface area (Å²) < 4.78 is 10.8. The van der Waals surface area contributed by atoms with E-state index in [9.17, 15) is 9.59 Å². The minimum absolute atomic E-state index is 0.0179. The first-order valence-corrected chi connectivity index (χ1v) is 10.4. The van der Waals surface area contributed by atoms with Crippen LogP contribution >= 0.6 is 0 Å². The van der Waals surface area contributed by atoms with Gasteiger partial charge in [0, 0.05) is 33.4 Å². The molecule has 164 valence electrons. The van der Waals surface area contributed by atoms with Crippen molar-refractivity contribution in [2.45, 2.75) is 33.2 Å². The average Bonchev–Trinajstić information content (AvgIpc) is 3.16. The molecule has 0 radical (unpaired) electrons. The van der Waals surface area contributed by atoms with Crippen LogP contribution in [-0.2, 0) is 22.5 Å². The molecule has 0 saturated heterocycles. The molecule has 2 aromatic rings. The van der Waals surface area contributed by atoms with Crippen molar-refractivity contribution in [3.05, 3.63) is 59.5 Å². The smallest absolute Gasteiger partial charge is 0.317 e. The van der Waals surface area contributed by atoms with Crippen LogP contribution in [0.5, 0.6) is 0 Å².